The summed E-state index contributed by atoms with van der Waals surface area (Å²) in [6, 6.07) is 2.76. The second-order valence-corrected chi connectivity index (χ2v) is 6.21. The Morgan fingerprint density at radius 2 is 2.19 bits per heavy atom. The molecule has 0 aromatic carbocycles. The Labute approximate surface area is 101 Å². The molecule has 2 aliphatic rings. The van der Waals surface area contributed by atoms with Crippen molar-refractivity contribution in [3.8, 4) is 0 Å². The lowest BCUT2D eigenvalue weighted by molar-refractivity contribution is 0.322. The lowest BCUT2D eigenvalue weighted by Gasteiger charge is -2.23. The van der Waals surface area contributed by atoms with Crippen molar-refractivity contribution in [2.45, 2.75) is 38.1 Å². The van der Waals surface area contributed by atoms with Gasteiger partial charge < -0.3 is 0 Å². The summed E-state index contributed by atoms with van der Waals surface area (Å²) in [5.74, 6) is 8.66. The van der Waals surface area contributed by atoms with Crippen LogP contribution in [0.5, 0.6) is 0 Å². The van der Waals surface area contributed by atoms with Gasteiger partial charge in [0, 0.05) is 6.04 Å². The molecule has 0 amide bonds. The first kappa shape index (κ1) is 10.8. The Morgan fingerprint density at radius 3 is 2.81 bits per heavy atom. The van der Waals surface area contributed by atoms with Crippen molar-refractivity contribution in [2.24, 2.45) is 23.6 Å². The van der Waals surface area contributed by atoms with Gasteiger partial charge in [0.15, 0.2) is 0 Å². The molecule has 2 saturated carbocycles. The van der Waals surface area contributed by atoms with E-state index in [1.165, 1.54) is 37.7 Å². The van der Waals surface area contributed by atoms with E-state index in [4.69, 9.17) is 5.84 Å². The summed E-state index contributed by atoms with van der Waals surface area (Å²) in [6.07, 6.45) is 6.70. The van der Waals surface area contributed by atoms with Crippen LogP contribution in [0.1, 0.15) is 31.2 Å². The predicted octanol–water partition coefficient (Wildman–Crippen LogP) is 2.56. The van der Waals surface area contributed by atoms with Gasteiger partial charge in [-0.1, -0.05) is 0 Å². The Bertz CT molecular complexity index is 326. The third-order valence-corrected chi connectivity index (χ3v) is 5.12. The maximum absolute atomic E-state index is 5.70. The molecule has 1 heterocycles. The zero-order valence-corrected chi connectivity index (χ0v) is 10.4. The van der Waals surface area contributed by atoms with Crippen LogP contribution < -0.4 is 11.3 Å². The molecular formula is C13H20N2S. The SMILES string of the molecule is NNC(CCc1ccsc1)C1CC2CC2C1. The molecule has 0 aliphatic heterocycles. The number of hydrazine groups is 1. The molecule has 16 heavy (non-hydrogen) atoms. The minimum atomic E-state index is 0.535. The van der Waals surface area contributed by atoms with Crippen molar-refractivity contribution in [3.05, 3.63) is 22.4 Å². The highest BCUT2D eigenvalue weighted by atomic mass is 32.1. The van der Waals surface area contributed by atoms with Gasteiger partial charge in [0.05, 0.1) is 0 Å². The van der Waals surface area contributed by atoms with Crippen LogP contribution in [0.4, 0.5) is 0 Å². The molecule has 3 unspecified atom stereocenters. The highest BCUT2D eigenvalue weighted by Crippen LogP contribution is 2.55. The van der Waals surface area contributed by atoms with Crippen LogP contribution in [-0.4, -0.2) is 6.04 Å². The van der Waals surface area contributed by atoms with Crippen LogP contribution >= 0.6 is 11.3 Å². The van der Waals surface area contributed by atoms with Gasteiger partial charge in [-0.05, 0) is 72.2 Å². The van der Waals surface area contributed by atoms with Gasteiger partial charge in [-0.2, -0.15) is 11.3 Å². The quantitative estimate of drug-likeness (QED) is 0.609. The smallest absolute Gasteiger partial charge is 0.0242 e. The Balaban J connectivity index is 1.51. The number of fused-ring (bicyclic) bond motifs is 1. The molecule has 1 aromatic heterocycles. The predicted molar refractivity (Wildman–Crippen MR) is 68.1 cm³/mol. The van der Waals surface area contributed by atoms with Gasteiger partial charge >= 0.3 is 0 Å². The van der Waals surface area contributed by atoms with Crippen LogP contribution in [0, 0.1) is 17.8 Å². The van der Waals surface area contributed by atoms with Crippen molar-refractivity contribution < 1.29 is 0 Å². The van der Waals surface area contributed by atoms with Crippen molar-refractivity contribution in [1.29, 1.82) is 0 Å². The van der Waals surface area contributed by atoms with E-state index in [0.717, 1.165) is 17.8 Å². The first-order valence-electron chi connectivity index (χ1n) is 6.34. The summed E-state index contributed by atoms with van der Waals surface area (Å²) >= 11 is 1.79. The average molecular weight is 236 g/mol. The maximum atomic E-state index is 5.70. The van der Waals surface area contributed by atoms with Gasteiger partial charge in [-0.15, -0.1) is 0 Å². The highest BCUT2D eigenvalue weighted by Gasteiger charge is 2.47. The summed E-state index contributed by atoms with van der Waals surface area (Å²) in [5.41, 5.74) is 4.52. The molecular weight excluding hydrogens is 216 g/mol. The molecule has 0 bridgehead atoms. The number of hydrogen-bond donors (Lipinski definition) is 2. The van der Waals surface area contributed by atoms with Gasteiger partial charge in [-0.25, -0.2) is 0 Å². The molecule has 3 heteroatoms. The number of rotatable bonds is 5. The lowest BCUT2D eigenvalue weighted by atomic mass is 9.91. The third-order valence-electron chi connectivity index (χ3n) is 4.39. The van der Waals surface area contributed by atoms with Crippen LogP contribution in [0.3, 0.4) is 0 Å². The van der Waals surface area contributed by atoms with Crippen molar-refractivity contribution in [3.63, 3.8) is 0 Å². The van der Waals surface area contributed by atoms with Crippen molar-refractivity contribution in [2.75, 3.05) is 0 Å². The standard InChI is InChI=1S/C13H20N2S/c14-15-13(2-1-9-3-4-16-8-9)12-6-10-5-11(10)7-12/h3-4,8,10-13,15H,1-2,5-7,14H2. The van der Waals surface area contributed by atoms with Gasteiger partial charge in [0.25, 0.3) is 0 Å². The van der Waals surface area contributed by atoms with Gasteiger partial charge in [-0.3, -0.25) is 11.3 Å². The zero-order chi connectivity index (χ0) is 11.0. The number of thiophene rings is 1. The number of nitrogens with one attached hydrogen (secondary N) is 1. The minimum Gasteiger partial charge on any atom is -0.271 e. The molecule has 88 valence electrons. The Morgan fingerprint density at radius 1 is 1.38 bits per heavy atom. The number of nitrogens with two attached hydrogens (primary N) is 1. The molecule has 3 atom stereocenters. The van der Waals surface area contributed by atoms with E-state index in [-0.39, 0.29) is 0 Å². The van der Waals surface area contributed by atoms with E-state index in [1.807, 2.05) is 0 Å². The molecule has 2 fully saturated rings. The van der Waals surface area contributed by atoms with E-state index < -0.39 is 0 Å². The first-order chi connectivity index (χ1) is 7.86. The van der Waals surface area contributed by atoms with Crippen molar-refractivity contribution in [1.82, 2.24) is 5.43 Å². The normalized spacial score (nSPS) is 33.7. The second kappa shape index (κ2) is 4.47. The van der Waals surface area contributed by atoms with Crippen LogP contribution in [-0.2, 0) is 6.42 Å². The second-order valence-electron chi connectivity index (χ2n) is 5.43. The van der Waals surface area contributed by atoms with E-state index in [2.05, 4.69) is 22.3 Å². The number of aryl methyl sites for hydroxylation is 1. The fourth-order valence-corrected chi connectivity index (χ4v) is 4.01. The fraction of sp³-hybridized carbons (Fsp3) is 0.692. The van der Waals surface area contributed by atoms with Gasteiger partial charge in [0.1, 0.15) is 0 Å². The highest BCUT2D eigenvalue weighted by molar-refractivity contribution is 7.07. The molecule has 0 saturated heterocycles. The summed E-state index contributed by atoms with van der Waals surface area (Å²) in [4.78, 5) is 0. The first-order valence-corrected chi connectivity index (χ1v) is 7.28. The molecule has 0 radical (unpaired) electrons. The average Bonchev–Trinajstić information content (AvgIpc) is 2.74. The monoisotopic (exact) mass is 236 g/mol. The summed E-state index contributed by atoms with van der Waals surface area (Å²) in [5, 5.41) is 4.41. The van der Waals surface area contributed by atoms with Gasteiger partial charge in [0.2, 0.25) is 0 Å². The van der Waals surface area contributed by atoms with E-state index >= 15 is 0 Å². The zero-order valence-electron chi connectivity index (χ0n) is 9.56. The molecule has 3 N–H and O–H groups in total. The Kier molecular flexibility index (Phi) is 3.01. The summed E-state index contributed by atoms with van der Waals surface area (Å²) in [6.45, 7) is 0. The molecule has 2 aliphatic carbocycles. The van der Waals surface area contributed by atoms with Crippen molar-refractivity contribution >= 4 is 11.3 Å². The van der Waals surface area contributed by atoms with Crippen LogP contribution in [0.2, 0.25) is 0 Å². The molecule has 0 spiro atoms. The summed E-state index contributed by atoms with van der Waals surface area (Å²) in [7, 11) is 0. The number of hydrogen-bond acceptors (Lipinski definition) is 3. The lowest BCUT2D eigenvalue weighted by Crippen LogP contribution is -2.40. The van der Waals surface area contributed by atoms with E-state index in [0.29, 0.717) is 6.04 Å². The van der Waals surface area contributed by atoms with E-state index in [1.54, 1.807) is 11.3 Å². The minimum absolute atomic E-state index is 0.535. The molecule has 3 rings (SSSR count). The third kappa shape index (κ3) is 2.17. The molecule has 1 aromatic rings. The Hall–Kier alpha value is -0.380. The fourth-order valence-electron chi connectivity index (χ4n) is 3.30. The van der Waals surface area contributed by atoms with Crippen LogP contribution in [0.25, 0.3) is 0 Å². The topological polar surface area (TPSA) is 38.0 Å². The van der Waals surface area contributed by atoms with E-state index in [9.17, 15) is 0 Å². The maximum Gasteiger partial charge on any atom is 0.0242 e. The van der Waals surface area contributed by atoms with Crippen LogP contribution in [0.15, 0.2) is 16.8 Å². The largest absolute Gasteiger partial charge is 0.271 e. The summed E-state index contributed by atoms with van der Waals surface area (Å²) < 4.78 is 0. The molecule has 2 nitrogen and oxygen atoms in total.